The maximum Gasteiger partial charge on any atom is 0.131 e. The van der Waals surface area contributed by atoms with Crippen molar-refractivity contribution in [2.24, 2.45) is 0 Å². The summed E-state index contributed by atoms with van der Waals surface area (Å²) in [4.78, 5) is 12.9. The number of hydrogen-bond acceptors (Lipinski definition) is 4. The Morgan fingerprint density at radius 2 is 1.82 bits per heavy atom. The number of hydrogen-bond donors (Lipinski definition) is 0. The highest BCUT2D eigenvalue weighted by Gasteiger charge is 2.13. The van der Waals surface area contributed by atoms with Crippen LogP contribution in [0.1, 0.15) is 25.3 Å². The van der Waals surface area contributed by atoms with Crippen molar-refractivity contribution >= 4 is 34.5 Å². The van der Waals surface area contributed by atoms with Gasteiger partial charge in [0.15, 0.2) is 0 Å². The van der Waals surface area contributed by atoms with Crippen LogP contribution in [0.5, 0.6) is 0 Å². The Balaban J connectivity index is 2.04. The second kappa shape index (κ2) is 6.32. The van der Waals surface area contributed by atoms with Crippen LogP contribution in [0.25, 0.3) is 21.8 Å². The maximum absolute atomic E-state index is 5.96. The normalized spacial score (nSPS) is 11.1. The highest BCUT2D eigenvalue weighted by Crippen LogP contribution is 2.33. The van der Waals surface area contributed by atoms with Crippen LogP contribution in [0.4, 0.5) is 0 Å². The monoisotopic (exact) mass is 349 g/mol. The SMILES string of the molecule is CC(C)c1ccncc1-c1csc(-c2cc(Cl)nc(Cl)c2)n1. The van der Waals surface area contributed by atoms with E-state index in [1.54, 1.807) is 23.5 Å². The molecule has 0 saturated heterocycles. The molecule has 3 heterocycles. The largest absolute Gasteiger partial charge is 0.264 e. The molecule has 22 heavy (non-hydrogen) atoms. The third kappa shape index (κ3) is 3.14. The summed E-state index contributed by atoms with van der Waals surface area (Å²) in [5, 5.41) is 3.62. The van der Waals surface area contributed by atoms with E-state index in [0.29, 0.717) is 16.2 Å². The Hall–Kier alpha value is -1.49. The molecule has 3 aromatic heterocycles. The molecule has 112 valence electrons. The van der Waals surface area contributed by atoms with Gasteiger partial charge in [-0.25, -0.2) is 9.97 Å². The van der Waals surface area contributed by atoms with Crippen molar-refractivity contribution < 1.29 is 0 Å². The second-order valence-corrected chi connectivity index (χ2v) is 6.79. The molecule has 3 rings (SSSR count). The van der Waals surface area contributed by atoms with Gasteiger partial charge >= 0.3 is 0 Å². The molecule has 0 amide bonds. The van der Waals surface area contributed by atoms with Crippen molar-refractivity contribution in [3.05, 3.63) is 51.8 Å². The van der Waals surface area contributed by atoms with E-state index in [2.05, 4.69) is 23.8 Å². The molecule has 0 N–H and O–H groups in total. The number of thiazole rings is 1. The van der Waals surface area contributed by atoms with E-state index in [-0.39, 0.29) is 0 Å². The molecule has 6 heteroatoms. The van der Waals surface area contributed by atoms with E-state index < -0.39 is 0 Å². The summed E-state index contributed by atoms with van der Waals surface area (Å²) < 4.78 is 0. The van der Waals surface area contributed by atoms with Crippen LogP contribution in [0.2, 0.25) is 10.3 Å². The first-order chi connectivity index (χ1) is 10.5. The molecule has 0 unspecified atom stereocenters. The minimum Gasteiger partial charge on any atom is -0.264 e. The van der Waals surface area contributed by atoms with E-state index in [1.807, 2.05) is 23.8 Å². The minimum atomic E-state index is 0.364. The van der Waals surface area contributed by atoms with E-state index in [0.717, 1.165) is 21.8 Å². The lowest BCUT2D eigenvalue weighted by Gasteiger charge is -2.09. The summed E-state index contributed by atoms with van der Waals surface area (Å²) in [6, 6.07) is 5.57. The van der Waals surface area contributed by atoms with Gasteiger partial charge in [0, 0.05) is 28.9 Å². The summed E-state index contributed by atoms with van der Waals surface area (Å²) in [6.07, 6.45) is 3.68. The van der Waals surface area contributed by atoms with Gasteiger partial charge in [-0.05, 0) is 29.7 Å². The van der Waals surface area contributed by atoms with E-state index in [1.165, 1.54) is 5.56 Å². The van der Waals surface area contributed by atoms with Gasteiger partial charge in [0.05, 0.1) is 5.69 Å². The zero-order chi connectivity index (χ0) is 15.7. The lowest BCUT2D eigenvalue weighted by atomic mass is 9.98. The average molecular weight is 350 g/mol. The van der Waals surface area contributed by atoms with Gasteiger partial charge in [-0.15, -0.1) is 11.3 Å². The van der Waals surface area contributed by atoms with Crippen LogP contribution in [-0.2, 0) is 0 Å². The van der Waals surface area contributed by atoms with E-state index >= 15 is 0 Å². The molecule has 0 aliphatic carbocycles. The molecule has 0 fully saturated rings. The van der Waals surface area contributed by atoms with Gasteiger partial charge in [-0.1, -0.05) is 37.0 Å². The topological polar surface area (TPSA) is 38.7 Å². The van der Waals surface area contributed by atoms with Crippen molar-refractivity contribution in [1.82, 2.24) is 15.0 Å². The van der Waals surface area contributed by atoms with Gasteiger partial charge in [-0.2, -0.15) is 0 Å². The van der Waals surface area contributed by atoms with E-state index in [4.69, 9.17) is 28.2 Å². The fraction of sp³-hybridized carbons (Fsp3) is 0.188. The highest BCUT2D eigenvalue weighted by molar-refractivity contribution is 7.13. The second-order valence-electron chi connectivity index (χ2n) is 5.16. The zero-order valence-electron chi connectivity index (χ0n) is 12.0. The number of rotatable bonds is 3. The quantitative estimate of drug-likeness (QED) is 0.569. The van der Waals surface area contributed by atoms with Crippen LogP contribution in [0, 0.1) is 0 Å². The lowest BCUT2D eigenvalue weighted by Crippen LogP contribution is -1.93. The first-order valence-electron chi connectivity index (χ1n) is 6.78. The summed E-state index contributed by atoms with van der Waals surface area (Å²) in [7, 11) is 0. The Morgan fingerprint density at radius 3 is 2.50 bits per heavy atom. The van der Waals surface area contributed by atoms with Crippen molar-refractivity contribution in [2.75, 3.05) is 0 Å². The van der Waals surface area contributed by atoms with Gasteiger partial charge in [-0.3, -0.25) is 4.98 Å². The molecule has 0 saturated carbocycles. The molecule has 3 nitrogen and oxygen atoms in total. The Labute approximate surface area is 143 Å². The number of pyridine rings is 2. The summed E-state index contributed by atoms with van der Waals surface area (Å²) in [5.41, 5.74) is 4.08. The zero-order valence-corrected chi connectivity index (χ0v) is 14.4. The Bertz CT molecular complexity index is 794. The van der Waals surface area contributed by atoms with Crippen molar-refractivity contribution in [3.63, 3.8) is 0 Å². The van der Waals surface area contributed by atoms with Crippen molar-refractivity contribution in [1.29, 1.82) is 0 Å². The predicted octanol–water partition coefficient (Wildman–Crippen LogP) is 5.70. The summed E-state index contributed by atoms with van der Waals surface area (Å²) in [5.74, 6) is 0.410. The van der Waals surface area contributed by atoms with E-state index in [9.17, 15) is 0 Å². The van der Waals surface area contributed by atoms with Crippen molar-refractivity contribution in [2.45, 2.75) is 19.8 Å². The Morgan fingerprint density at radius 1 is 1.09 bits per heavy atom. The molecule has 0 radical (unpaired) electrons. The summed E-state index contributed by atoms with van der Waals surface area (Å²) in [6.45, 7) is 4.32. The average Bonchev–Trinajstić information content (AvgIpc) is 2.96. The number of nitrogens with zero attached hydrogens (tertiary/aromatic N) is 3. The minimum absolute atomic E-state index is 0.364. The molecular formula is C16H13Cl2N3S. The van der Waals surface area contributed by atoms with Crippen molar-refractivity contribution in [3.8, 4) is 21.8 Å². The molecule has 3 aromatic rings. The van der Waals surface area contributed by atoms with Crippen LogP contribution in [-0.4, -0.2) is 15.0 Å². The Kier molecular flexibility index (Phi) is 4.43. The molecule has 0 aromatic carbocycles. The first-order valence-corrected chi connectivity index (χ1v) is 8.41. The maximum atomic E-state index is 5.96. The predicted molar refractivity (Wildman–Crippen MR) is 92.7 cm³/mol. The third-order valence-corrected chi connectivity index (χ3v) is 4.55. The molecular weight excluding hydrogens is 337 g/mol. The van der Waals surface area contributed by atoms with Crippen LogP contribution in [0.3, 0.4) is 0 Å². The first kappa shape index (κ1) is 15.4. The standard InChI is InChI=1S/C16H13Cl2N3S/c1-9(2)11-3-4-19-7-12(11)13-8-22-16(20-13)10-5-14(17)21-15(18)6-10/h3-9H,1-2H3. The molecule has 0 aliphatic heterocycles. The smallest absolute Gasteiger partial charge is 0.131 e. The molecule has 0 bridgehead atoms. The van der Waals surface area contributed by atoms with Gasteiger partial charge in [0.1, 0.15) is 15.3 Å². The molecule has 0 spiro atoms. The van der Waals surface area contributed by atoms with Gasteiger partial charge < -0.3 is 0 Å². The lowest BCUT2D eigenvalue weighted by molar-refractivity contribution is 0.864. The van der Waals surface area contributed by atoms with Gasteiger partial charge in [0.25, 0.3) is 0 Å². The molecule has 0 aliphatic rings. The highest BCUT2D eigenvalue weighted by atomic mass is 35.5. The fourth-order valence-corrected chi connectivity index (χ4v) is 3.51. The van der Waals surface area contributed by atoms with Crippen LogP contribution < -0.4 is 0 Å². The van der Waals surface area contributed by atoms with Crippen LogP contribution in [0.15, 0.2) is 36.0 Å². The number of halogens is 2. The fourth-order valence-electron chi connectivity index (χ4n) is 2.24. The number of aromatic nitrogens is 3. The molecule has 0 atom stereocenters. The van der Waals surface area contributed by atoms with Crippen LogP contribution >= 0.6 is 34.5 Å². The summed E-state index contributed by atoms with van der Waals surface area (Å²) >= 11 is 13.5. The third-order valence-electron chi connectivity index (χ3n) is 3.27. The van der Waals surface area contributed by atoms with Gasteiger partial charge in [0.2, 0.25) is 0 Å².